The molecule has 100 valence electrons. The minimum Gasteiger partial charge on any atom is -0.480 e. The molecular formula is C13H21N3O2. The monoisotopic (exact) mass is 251 g/mol. The highest BCUT2D eigenvalue weighted by atomic mass is 16.4. The number of carbonyl (C=O) groups is 1. The number of rotatable bonds is 4. The smallest absolute Gasteiger partial charge is 0.320 e. The fraction of sp³-hybridized carbons (Fsp3) is 0.692. The van der Waals surface area contributed by atoms with E-state index in [0.29, 0.717) is 5.92 Å². The molecule has 1 aliphatic heterocycles. The van der Waals surface area contributed by atoms with Gasteiger partial charge < -0.3 is 5.11 Å². The summed E-state index contributed by atoms with van der Waals surface area (Å²) >= 11 is 0. The minimum absolute atomic E-state index is 0.318. The largest absolute Gasteiger partial charge is 0.480 e. The molecule has 2 heterocycles. The Hall–Kier alpha value is -1.36. The predicted octanol–water partition coefficient (Wildman–Crippen LogP) is 1.15. The van der Waals surface area contributed by atoms with Crippen molar-refractivity contribution in [3.8, 4) is 0 Å². The van der Waals surface area contributed by atoms with E-state index in [-0.39, 0.29) is 6.04 Å². The van der Waals surface area contributed by atoms with Crippen LogP contribution < -0.4 is 0 Å². The Morgan fingerprint density at radius 3 is 3.00 bits per heavy atom. The number of carboxylic acid groups (broad SMARTS) is 1. The number of nitrogens with zero attached hydrogens (tertiary/aromatic N) is 3. The fourth-order valence-corrected chi connectivity index (χ4v) is 2.62. The minimum atomic E-state index is -0.688. The zero-order valence-corrected chi connectivity index (χ0v) is 11.0. The average Bonchev–Trinajstić information content (AvgIpc) is 2.73. The summed E-state index contributed by atoms with van der Waals surface area (Å²) in [5.74, 6) is -0.175. The van der Waals surface area contributed by atoms with Crippen molar-refractivity contribution in [1.29, 1.82) is 0 Å². The highest BCUT2D eigenvalue weighted by Gasteiger charge is 2.31. The quantitative estimate of drug-likeness (QED) is 0.872. The summed E-state index contributed by atoms with van der Waals surface area (Å²) in [6, 6.07) is 1.67. The van der Waals surface area contributed by atoms with E-state index in [1.807, 2.05) is 17.8 Å². The van der Waals surface area contributed by atoms with Gasteiger partial charge in [-0.05, 0) is 31.4 Å². The molecule has 0 aliphatic carbocycles. The van der Waals surface area contributed by atoms with E-state index in [1.54, 1.807) is 6.20 Å². The van der Waals surface area contributed by atoms with Gasteiger partial charge in [-0.2, -0.15) is 5.10 Å². The number of likely N-dealkylation sites (tertiary alicyclic amines) is 1. The second-order valence-electron chi connectivity index (χ2n) is 5.22. The number of piperidine rings is 1. The first kappa shape index (κ1) is 13.1. The summed E-state index contributed by atoms with van der Waals surface area (Å²) < 4.78 is 1.85. The van der Waals surface area contributed by atoms with Crippen LogP contribution in [0.1, 0.15) is 25.5 Å². The Morgan fingerprint density at radius 1 is 1.61 bits per heavy atom. The summed E-state index contributed by atoms with van der Waals surface area (Å²) in [5.41, 5.74) is 1.15. The van der Waals surface area contributed by atoms with Crippen LogP contribution in [0.25, 0.3) is 0 Å². The van der Waals surface area contributed by atoms with E-state index in [1.165, 1.54) is 0 Å². The topological polar surface area (TPSA) is 58.4 Å². The van der Waals surface area contributed by atoms with Crippen LogP contribution in [0.15, 0.2) is 12.3 Å². The number of hydrogen-bond acceptors (Lipinski definition) is 3. The van der Waals surface area contributed by atoms with Gasteiger partial charge in [0.15, 0.2) is 0 Å². The van der Waals surface area contributed by atoms with Gasteiger partial charge in [0.25, 0.3) is 0 Å². The number of hydrogen-bond donors (Lipinski definition) is 1. The molecule has 1 aliphatic rings. The molecule has 1 aromatic heterocycles. The standard InChI is InChI=1S/C13H21N3O2/c1-10-4-7-16(12(9-10)13(17)18)8-5-11-3-6-14-15(11)2/h3,6,10,12H,4-5,7-9H2,1-2H3,(H,17,18). The molecule has 2 rings (SSSR count). The Labute approximate surface area is 107 Å². The maximum atomic E-state index is 11.3. The molecule has 0 saturated carbocycles. The lowest BCUT2D eigenvalue weighted by atomic mass is 9.92. The van der Waals surface area contributed by atoms with Crippen molar-refractivity contribution in [2.75, 3.05) is 13.1 Å². The van der Waals surface area contributed by atoms with Gasteiger partial charge in [-0.1, -0.05) is 6.92 Å². The molecule has 1 aromatic rings. The van der Waals surface area contributed by atoms with Gasteiger partial charge in [-0.3, -0.25) is 14.4 Å². The molecule has 0 spiro atoms. The first-order chi connectivity index (χ1) is 8.58. The Balaban J connectivity index is 1.95. The maximum absolute atomic E-state index is 11.3. The highest BCUT2D eigenvalue weighted by molar-refractivity contribution is 5.73. The van der Waals surface area contributed by atoms with Gasteiger partial charge in [-0.25, -0.2) is 0 Å². The third kappa shape index (κ3) is 2.90. The molecule has 0 bridgehead atoms. The molecule has 18 heavy (non-hydrogen) atoms. The lowest BCUT2D eigenvalue weighted by molar-refractivity contribution is -0.145. The first-order valence-electron chi connectivity index (χ1n) is 6.51. The molecule has 1 fully saturated rings. The second-order valence-corrected chi connectivity index (χ2v) is 5.22. The summed E-state index contributed by atoms with van der Waals surface area (Å²) in [4.78, 5) is 13.4. The van der Waals surface area contributed by atoms with Crippen molar-refractivity contribution in [2.45, 2.75) is 32.2 Å². The molecule has 2 unspecified atom stereocenters. The molecule has 5 heteroatoms. The van der Waals surface area contributed by atoms with Crippen LogP contribution >= 0.6 is 0 Å². The van der Waals surface area contributed by atoms with Gasteiger partial charge in [0.1, 0.15) is 6.04 Å². The van der Waals surface area contributed by atoms with Crippen LogP contribution in [0.4, 0.5) is 0 Å². The first-order valence-corrected chi connectivity index (χ1v) is 6.51. The van der Waals surface area contributed by atoms with Crippen molar-refractivity contribution in [1.82, 2.24) is 14.7 Å². The summed E-state index contributed by atoms with van der Waals surface area (Å²) in [5, 5.41) is 13.4. The Kier molecular flexibility index (Phi) is 4.01. The zero-order chi connectivity index (χ0) is 13.1. The number of aromatic nitrogens is 2. The number of aryl methyl sites for hydroxylation is 1. The number of carboxylic acids is 1. The summed E-state index contributed by atoms with van der Waals surface area (Å²) in [6.45, 7) is 3.81. The van der Waals surface area contributed by atoms with Gasteiger partial charge in [0, 0.05) is 31.9 Å². The lowest BCUT2D eigenvalue weighted by Crippen LogP contribution is -2.47. The van der Waals surface area contributed by atoms with Crippen molar-refractivity contribution in [2.24, 2.45) is 13.0 Å². The van der Waals surface area contributed by atoms with Gasteiger partial charge in [-0.15, -0.1) is 0 Å². The van der Waals surface area contributed by atoms with E-state index in [2.05, 4.69) is 16.9 Å². The van der Waals surface area contributed by atoms with Crippen LogP contribution in [-0.4, -0.2) is 44.9 Å². The van der Waals surface area contributed by atoms with Gasteiger partial charge >= 0.3 is 5.97 Å². The van der Waals surface area contributed by atoms with Crippen molar-refractivity contribution >= 4 is 5.97 Å². The molecular weight excluding hydrogens is 230 g/mol. The van der Waals surface area contributed by atoms with Crippen molar-refractivity contribution in [3.05, 3.63) is 18.0 Å². The molecule has 5 nitrogen and oxygen atoms in total. The average molecular weight is 251 g/mol. The maximum Gasteiger partial charge on any atom is 0.320 e. The van der Waals surface area contributed by atoms with E-state index in [0.717, 1.165) is 38.0 Å². The van der Waals surface area contributed by atoms with Crippen LogP contribution in [-0.2, 0) is 18.3 Å². The molecule has 0 radical (unpaired) electrons. The lowest BCUT2D eigenvalue weighted by Gasteiger charge is -2.35. The second kappa shape index (κ2) is 5.52. The summed E-state index contributed by atoms with van der Waals surface area (Å²) in [6.07, 6.45) is 4.49. The van der Waals surface area contributed by atoms with Crippen LogP contribution in [0.3, 0.4) is 0 Å². The Bertz CT molecular complexity index is 416. The zero-order valence-electron chi connectivity index (χ0n) is 11.0. The molecule has 2 atom stereocenters. The fourth-order valence-electron chi connectivity index (χ4n) is 2.62. The number of aliphatic carboxylic acids is 1. The van der Waals surface area contributed by atoms with E-state index < -0.39 is 5.97 Å². The molecule has 0 amide bonds. The Morgan fingerprint density at radius 2 is 2.39 bits per heavy atom. The normalized spacial score (nSPS) is 25.2. The van der Waals surface area contributed by atoms with Gasteiger partial charge in [0.2, 0.25) is 0 Å². The predicted molar refractivity (Wildman–Crippen MR) is 68.3 cm³/mol. The molecule has 1 N–H and O–H groups in total. The molecule has 0 aromatic carbocycles. The molecule has 1 saturated heterocycles. The third-order valence-electron chi connectivity index (χ3n) is 3.84. The van der Waals surface area contributed by atoms with E-state index in [9.17, 15) is 9.90 Å². The van der Waals surface area contributed by atoms with Crippen molar-refractivity contribution in [3.63, 3.8) is 0 Å². The van der Waals surface area contributed by atoms with Crippen LogP contribution in [0.5, 0.6) is 0 Å². The van der Waals surface area contributed by atoms with E-state index in [4.69, 9.17) is 0 Å². The van der Waals surface area contributed by atoms with Crippen LogP contribution in [0, 0.1) is 5.92 Å². The van der Waals surface area contributed by atoms with Gasteiger partial charge in [0.05, 0.1) is 0 Å². The van der Waals surface area contributed by atoms with Crippen LogP contribution in [0.2, 0.25) is 0 Å². The SMILES string of the molecule is CC1CCN(CCc2ccnn2C)C(C(=O)O)C1. The summed E-state index contributed by atoms with van der Waals surface area (Å²) in [7, 11) is 1.92. The highest BCUT2D eigenvalue weighted by Crippen LogP contribution is 2.22. The third-order valence-corrected chi connectivity index (χ3v) is 3.84. The van der Waals surface area contributed by atoms with E-state index >= 15 is 0 Å². The van der Waals surface area contributed by atoms with Crippen molar-refractivity contribution < 1.29 is 9.90 Å².